The van der Waals surface area contributed by atoms with Crippen molar-refractivity contribution in [3.63, 3.8) is 0 Å². The van der Waals surface area contributed by atoms with Gasteiger partial charge in [-0.1, -0.05) is 146 Å². The Hall–Kier alpha value is -2.67. The average Bonchev–Trinajstić information content (AvgIpc) is 3.13. The van der Waals surface area contributed by atoms with E-state index < -0.39 is 12.0 Å². The van der Waals surface area contributed by atoms with Crippen LogP contribution in [0.1, 0.15) is 200 Å². The summed E-state index contributed by atoms with van der Waals surface area (Å²) in [5.41, 5.74) is 5.48. The number of carboxylic acid groups (broad SMARTS) is 1. The van der Waals surface area contributed by atoms with E-state index in [1.807, 2.05) is 0 Å². The summed E-state index contributed by atoms with van der Waals surface area (Å²) in [6.45, 7) is 4.80. The molecule has 0 rings (SSSR count). The van der Waals surface area contributed by atoms with Gasteiger partial charge in [-0.3, -0.25) is 9.59 Å². The van der Waals surface area contributed by atoms with Gasteiger partial charge in [-0.2, -0.15) is 0 Å². The fourth-order valence-corrected chi connectivity index (χ4v) is 6.21. The smallest absolute Gasteiger partial charge is 0.326 e. The van der Waals surface area contributed by atoms with Crippen molar-refractivity contribution in [2.24, 2.45) is 5.73 Å². The Kier molecular flexibility index (Phi) is 37.5. The molecule has 7 nitrogen and oxygen atoms in total. The van der Waals surface area contributed by atoms with E-state index in [-0.39, 0.29) is 18.0 Å². The number of hydrogen-bond acceptors (Lipinski definition) is 5. The molecule has 2 unspecified atom stereocenters. The van der Waals surface area contributed by atoms with E-state index in [2.05, 4.69) is 67.8 Å². The summed E-state index contributed by atoms with van der Waals surface area (Å²) in [5, 5.41) is 11.9. The molecule has 0 fully saturated rings. The van der Waals surface area contributed by atoms with Gasteiger partial charge in [-0.15, -0.1) is 0 Å². The van der Waals surface area contributed by atoms with Crippen LogP contribution < -0.4 is 11.1 Å². The van der Waals surface area contributed by atoms with Crippen LogP contribution in [0.3, 0.4) is 0 Å². The number of carboxylic acids is 1. The second-order valence-electron chi connectivity index (χ2n) is 14.4. The topological polar surface area (TPSA) is 119 Å². The molecule has 7 heteroatoms. The minimum absolute atomic E-state index is 0.0162. The number of carbonyl (C=O) groups excluding carboxylic acids is 2. The second kappa shape index (κ2) is 39.5. The number of aliphatic carboxylic acids is 1. The maximum absolute atomic E-state index is 12.7. The molecule has 0 saturated carbocycles. The first-order chi connectivity index (χ1) is 25.4. The molecule has 4 N–H and O–H groups in total. The van der Waals surface area contributed by atoms with E-state index in [4.69, 9.17) is 10.5 Å². The molecule has 0 aromatic carbocycles. The van der Waals surface area contributed by atoms with E-state index >= 15 is 0 Å². The van der Waals surface area contributed by atoms with E-state index in [0.717, 1.165) is 83.5 Å². The summed E-state index contributed by atoms with van der Waals surface area (Å²) in [7, 11) is 0. The Morgan fingerprint density at radius 1 is 0.577 bits per heavy atom. The van der Waals surface area contributed by atoms with Crippen molar-refractivity contribution < 1.29 is 24.2 Å². The lowest BCUT2D eigenvalue weighted by atomic mass is 10.0. The van der Waals surface area contributed by atoms with Gasteiger partial charge in [0.05, 0.1) is 0 Å². The minimum atomic E-state index is -1.01. The summed E-state index contributed by atoms with van der Waals surface area (Å²) in [4.78, 5) is 36.3. The number of carbonyl (C=O) groups is 3. The van der Waals surface area contributed by atoms with Crippen molar-refractivity contribution in [3.05, 3.63) is 48.6 Å². The zero-order valence-corrected chi connectivity index (χ0v) is 33.6. The molecule has 0 aliphatic carbocycles. The first-order valence-electron chi connectivity index (χ1n) is 21.5. The predicted molar refractivity (Wildman–Crippen MR) is 220 cm³/mol. The van der Waals surface area contributed by atoms with Crippen LogP contribution in [-0.2, 0) is 19.1 Å². The monoisotopic (exact) mass is 729 g/mol. The minimum Gasteiger partial charge on any atom is -0.480 e. The SMILES string of the molecule is CC/C=C\C/C=C\C/C=C\C/C=C\CCCCCCCCCCC(=O)OC(CCCCCCCC)CCCCCCC(=O)NC(CCCN)C(=O)O. The highest BCUT2D eigenvalue weighted by Gasteiger charge is 2.19. The highest BCUT2D eigenvalue weighted by Crippen LogP contribution is 2.18. The zero-order valence-electron chi connectivity index (χ0n) is 33.6. The van der Waals surface area contributed by atoms with E-state index in [1.54, 1.807) is 0 Å². The standard InChI is InChI=1S/C45H80N2O5/c1-3-5-7-9-11-12-13-14-15-16-17-18-19-20-21-22-23-24-25-27-33-39-44(49)52-41(35-30-26-10-8-6-4-2)36-31-28-29-32-38-43(48)47-42(45(50)51)37-34-40-46/h5,7,11-12,14-15,17-18,41-42H,3-4,6,8-10,13,16,19-40,46H2,1-2H3,(H,47,48)(H,50,51)/b7-5-,12-11-,15-14-,18-17-. The van der Waals surface area contributed by atoms with Gasteiger partial charge < -0.3 is 20.9 Å². The third-order valence-electron chi connectivity index (χ3n) is 9.41. The molecule has 0 aromatic heterocycles. The predicted octanol–water partition coefficient (Wildman–Crippen LogP) is 12.0. The molecule has 2 atom stereocenters. The average molecular weight is 729 g/mol. The summed E-state index contributed by atoms with van der Waals surface area (Å²) >= 11 is 0. The molecular formula is C45H80N2O5. The van der Waals surface area contributed by atoms with Gasteiger partial charge in [0.15, 0.2) is 0 Å². The third-order valence-corrected chi connectivity index (χ3v) is 9.41. The van der Waals surface area contributed by atoms with Crippen molar-refractivity contribution in [1.29, 1.82) is 0 Å². The van der Waals surface area contributed by atoms with E-state index in [9.17, 15) is 19.5 Å². The van der Waals surface area contributed by atoms with Crippen LogP contribution in [-0.4, -0.2) is 41.6 Å². The molecule has 0 aromatic rings. The molecule has 0 radical (unpaired) electrons. The highest BCUT2D eigenvalue weighted by atomic mass is 16.5. The first kappa shape index (κ1) is 49.3. The summed E-state index contributed by atoms with van der Waals surface area (Å²) < 4.78 is 5.98. The Morgan fingerprint density at radius 3 is 1.60 bits per heavy atom. The van der Waals surface area contributed by atoms with Crippen LogP contribution in [0.2, 0.25) is 0 Å². The number of ether oxygens (including phenoxy) is 1. The van der Waals surface area contributed by atoms with Crippen LogP contribution >= 0.6 is 0 Å². The number of amides is 1. The maximum Gasteiger partial charge on any atom is 0.326 e. The number of allylic oxidation sites excluding steroid dienone is 8. The van der Waals surface area contributed by atoms with Crippen molar-refractivity contribution in [1.82, 2.24) is 5.32 Å². The van der Waals surface area contributed by atoms with Gasteiger partial charge in [0.1, 0.15) is 12.1 Å². The lowest BCUT2D eigenvalue weighted by Gasteiger charge is -2.18. The summed E-state index contributed by atoms with van der Waals surface area (Å²) in [6, 6.07) is -0.865. The molecule has 52 heavy (non-hydrogen) atoms. The molecule has 300 valence electrons. The summed E-state index contributed by atoms with van der Waals surface area (Å²) in [5.74, 6) is -1.28. The number of esters is 1. The lowest BCUT2D eigenvalue weighted by molar-refractivity contribution is -0.150. The van der Waals surface area contributed by atoms with E-state index in [1.165, 1.54) is 77.0 Å². The van der Waals surface area contributed by atoms with Gasteiger partial charge in [0.2, 0.25) is 5.91 Å². The van der Waals surface area contributed by atoms with Gasteiger partial charge in [0, 0.05) is 12.8 Å². The molecule has 0 aliphatic rings. The molecule has 0 saturated heterocycles. The number of nitrogens with two attached hydrogens (primary N) is 1. The van der Waals surface area contributed by atoms with Crippen LogP contribution in [0, 0.1) is 0 Å². The Morgan fingerprint density at radius 2 is 1.06 bits per heavy atom. The van der Waals surface area contributed by atoms with E-state index in [0.29, 0.717) is 32.2 Å². The quantitative estimate of drug-likeness (QED) is 0.0331. The van der Waals surface area contributed by atoms with Gasteiger partial charge in [-0.05, 0) is 96.4 Å². The molecule has 0 aliphatic heterocycles. The Bertz CT molecular complexity index is 957. The maximum atomic E-state index is 12.7. The van der Waals surface area contributed by atoms with Gasteiger partial charge in [0.25, 0.3) is 0 Å². The lowest BCUT2D eigenvalue weighted by Crippen LogP contribution is -2.40. The van der Waals surface area contributed by atoms with Crippen LogP contribution in [0.25, 0.3) is 0 Å². The fraction of sp³-hybridized carbons (Fsp3) is 0.756. The molecule has 1 amide bonds. The van der Waals surface area contributed by atoms with Gasteiger partial charge in [-0.25, -0.2) is 4.79 Å². The summed E-state index contributed by atoms with van der Waals surface area (Å²) in [6.07, 6.45) is 47.4. The van der Waals surface area contributed by atoms with Crippen LogP contribution in [0.4, 0.5) is 0 Å². The molecule has 0 bridgehead atoms. The number of hydrogen-bond donors (Lipinski definition) is 3. The zero-order chi connectivity index (χ0) is 38.2. The van der Waals surface area contributed by atoms with Gasteiger partial charge >= 0.3 is 11.9 Å². The molecule has 0 heterocycles. The van der Waals surface area contributed by atoms with Crippen molar-refractivity contribution in [3.8, 4) is 0 Å². The largest absolute Gasteiger partial charge is 0.480 e. The van der Waals surface area contributed by atoms with Crippen LogP contribution in [0.5, 0.6) is 0 Å². The fourth-order valence-electron chi connectivity index (χ4n) is 6.21. The number of unbranched alkanes of at least 4 members (excludes halogenated alkanes) is 16. The van der Waals surface area contributed by atoms with Crippen molar-refractivity contribution in [2.45, 2.75) is 212 Å². The normalized spacial score (nSPS) is 13.1. The number of nitrogens with one attached hydrogen (secondary N) is 1. The Balaban J connectivity index is 4.08. The Labute approximate surface area is 319 Å². The molecular weight excluding hydrogens is 649 g/mol. The highest BCUT2D eigenvalue weighted by molar-refractivity contribution is 5.83. The molecule has 0 spiro atoms. The number of rotatable bonds is 38. The van der Waals surface area contributed by atoms with Crippen molar-refractivity contribution >= 4 is 17.8 Å². The van der Waals surface area contributed by atoms with Crippen molar-refractivity contribution in [2.75, 3.05) is 6.54 Å². The first-order valence-corrected chi connectivity index (χ1v) is 21.5. The third kappa shape index (κ3) is 35.7. The second-order valence-corrected chi connectivity index (χ2v) is 14.4. The van der Waals surface area contributed by atoms with Crippen LogP contribution in [0.15, 0.2) is 48.6 Å².